The fraction of sp³-hybridized carbons (Fsp3) is 0.174. The number of methoxy groups -OCH3 is 1. The monoisotopic (exact) mass is 426 g/mol. The molecule has 2 N–H and O–H groups in total. The summed E-state index contributed by atoms with van der Waals surface area (Å²) in [6.45, 7) is 0. The summed E-state index contributed by atoms with van der Waals surface area (Å²) in [5, 5.41) is 15.2. The van der Waals surface area contributed by atoms with Crippen LogP contribution in [0.25, 0.3) is 0 Å². The Hall–Kier alpha value is -2.53. The van der Waals surface area contributed by atoms with Crippen LogP contribution in [0.15, 0.2) is 71.7 Å². The average Bonchev–Trinajstić information content (AvgIpc) is 2.75. The molecule has 0 radical (unpaired) electrons. The molecule has 0 aromatic heterocycles. The van der Waals surface area contributed by atoms with Crippen molar-refractivity contribution >= 4 is 28.9 Å². The molecule has 3 aromatic rings. The average molecular weight is 427 g/mol. The van der Waals surface area contributed by atoms with Gasteiger partial charge in [0.2, 0.25) is 0 Å². The lowest BCUT2D eigenvalue weighted by Gasteiger charge is -2.31. The molecule has 4 rings (SSSR count). The minimum absolute atomic E-state index is 0.176. The Morgan fingerprint density at radius 1 is 1.00 bits per heavy atom. The first kappa shape index (κ1) is 19.8. The zero-order valence-corrected chi connectivity index (χ0v) is 17.3. The summed E-state index contributed by atoms with van der Waals surface area (Å²) in [6.07, 6.45) is 0.249. The predicted molar refractivity (Wildman–Crippen MR) is 117 cm³/mol. The Kier molecular flexibility index (Phi) is 5.76. The number of phenolic OH excluding ortho intramolecular Hbond substituents is 1. The number of hydrogen-bond acceptors (Lipinski definition) is 4. The molecule has 3 aromatic carbocycles. The lowest BCUT2D eigenvalue weighted by molar-refractivity contribution is 0.412. The normalized spacial score (nSPS) is 18.9. The molecular formula is C23H20Cl2N2O2. The van der Waals surface area contributed by atoms with E-state index in [0.29, 0.717) is 16.5 Å². The van der Waals surface area contributed by atoms with Crippen LogP contribution in [0.1, 0.15) is 35.3 Å². The van der Waals surface area contributed by atoms with E-state index < -0.39 is 0 Å². The van der Waals surface area contributed by atoms with E-state index in [-0.39, 0.29) is 18.0 Å². The van der Waals surface area contributed by atoms with E-state index in [2.05, 4.69) is 5.32 Å². The van der Waals surface area contributed by atoms with Crippen molar-refractivity contribution in [3.63, 3.8) is 0 Å². The van der Waals surface area contributed by atoms with Gasteiger partial charge in [-0.1, -0.05) is 41.4 Å². The molecule has 1 aliphatic rings. The molecule has 29 heavy (non-hydrogen) atoms. The smallest absolute Gasteiger partial charge is 0.127 e. The molecule has 6 heteroatoms. The molecule has 0 spiro atoms. The van der Waals surface area contributed by atoms with E-state index in [1.54, 1.807) is 25.3 Å². The van der Waals surface area contributed by atoms with E-state index in [0.717, 1.165) is 28.2 Å². The van der Waals surface area contributed by atoms with Crippen molar-refractivity contribution in [1.29, 1.82) is 0 Å². The highest BCUT2D eigenvalue weighted by atomic mass is 35.5. The minimum atomic E-state index is -0.349. The number of halogens is 2. The van der Waals surface area contributed by atoms with Gasteiger partial charge in [-0.25, -0.2) is 0 Å². The molecule has 0 amide bonds. The van der Waals surface area contributed by atoms with Gasteiger partial charge in [0, 0.05) is 39.3 Å². The summed E-state index contributed by atoms with van der Waals surface area (Å²) in [4.78, 5) is 4.93. The van der Waals surface area contributed by atoms with Gasteiger partial charge in [0.25, 0.3) is 0 Å². The molecule has 0 saturated heterocycles. The summed E-state index contributed by atoms with van der Waals surface area (Å²) >= 11 is 12.6. The molecule has 1 heterocycles. The molecule has 0 saturated carbocycles. The van der Waals surface area contributed by atoms with Gasteiger partial charge in [-0.3, -0.25) is 10.3 Å². The van der Waals surface area contributed by atoms with Crippen molar-refractivity contribution in [3.8, 4) is 11.5 Å². The van der Waals surface area contributed by atoms with Gasteiger partial charge < -0.3 is 9.84 Å². The lowest BCUT2D eigenvalue weighted by atomic mass is 9.93. The van der Waals surface area contributed by atoms with Crippen molar-refractivity contribution in [3.05, 3.63) is 93.5 Å². The number of aromatic hydroxyl groups is 1. The highest BCUT2D eigenvalue weighted by molar-refractivity contribution is 6.31. The molecule has 4 nitrogen and oxygen atoms in total. The summed E-state index contributed by atoms with van der Waals surface area (Å²) in [5.41, 5.74) is 3.53. The Labute approximate surface area is 179 Å². The Balaban J connectivity index is 1.77. The highest BCUT2D eigenvalue weighted by Gasteiger charge is 2.28. The Morgan fingerprint density at radius 3 is 2.48 bits per heavy atom. The molecule has 0 aliphatic carbocycles. The molecular weight excluding hydrogens is 407 g/mol. The van der Waals surface area contributed by atoms with Crippen LogP contribution in [0.5, 0.6) is 11.5 Å². The van der Waals surface area contributed by atoms with Crippen molar-refractivity contribution in [2.24, 2.45) is 4.99 Å². The second kappa shape index (κ2) is 8.46. The van der Waals surface area contributed by atoms with Crippen molar-refractivity contribution < 1.29 is 9.84 Å². The van der Waals surface area contributed by atoms with E-state index in [1.807, 2.05) is 48.5 Å². The van der Waals surface area contributed by atoms with E-state index in [1.165, 1.54) is 0 Å². The summed E-state index contributed by atoms with van der Waals surface area (Å²) in [6, 6.07) is 20.3. The molecule has 0 fully saturated rings. The maximum Gasteiger partial charge on any atom is 0.127 e. The molecule has 1 aliphatic heterocycles. The topological polar surface area (TPSA) is 53.8 Å². The number of hydrogen-bond donors (Lipinski definition) is 2. The van der Waals surface area contributed by atoms with Gasteiger partial charge in [0.1, 0.15) is 17.7 Å². The number of rotatable bonds is 4. The predicted octanol–water partition coefficient (Wildman–Crippen LogP) is 5.93. The largest absolute Gasteiger partial charge is 0.508 e. The third kappa shape index (κ3) is 4.25. The van der Waals surface area contributed by atoms with E-state index in [4.69, 9.17) is 32.9 Å². The first-order chi connectivity index (χ1) is 14.0. The fourth-order valence-electron chi connectivity index (χ4n) is 3.52. The summed E-state index contributed by atoms with van der Waals surface area (Å²) in [7, 11) is 1.64. The van der Waals surface area contributed by atoms with Gasteiger partial charge in [-0.15, -0.1) is 0 Å². The van der Waals surface area contributed by atoms with E-state index >= 15 is 0 Å². The van der Waals surface area contributed by atoms with Gasteiger partial charge in [-0.05, 0) is 54.1 Å². The highest BCUT2D eigenvalue weighted by Crippen LogP contribution is 2.37. The lowest BCUT2D eigenvalue weighted by Crippen LogP contribution is -2.33. The van der Waals surface area contributed by atoms with Crippen molar-refractivity contribution in [2.45, 2.75) is 18.6 Å². The van der Waals surface area contributed by atoms with Crippen LogP contribution in [0.4, 0.5) is 0 Å². The van der Waals surface area contributed by atoms with E-state index in [9.17, 15) is 5.11 Å². The number of nitrogens with one attached hydrogen (secondary N) is 1. The van der Waals surface area contributed by atoms with Crippen molar-refractivity contribution in [1.82, 2.24) is 5.32 Å². The van der Waals surface area contributed by atoms with Crippen LogP contribution >= 0.6 is 23.2 Å². The van der Waals surface area contributed by atoms with Gasteiger partial charge >= 0.3 is 0 Å². The number of ether oxygens (including phenoxy) is 1. The maximum absolute atomic E-state index is 10.4. The third-order valence-electron chi connectivity index (χ3n) is 5.03. The number of phenols is 1. The van der Waals surface area contributed by atoms with Crippen LogP contribution in [0, 0.1) is 0 Å². The SMILES string of the molecule is COc1ccc(C2=N[C@H](c3ccccc3Cl)N[C@H](c3cc(Cl)ccc3O)C2)cc1. The van der Waals surface area contributed by atoms with Crippen LogP contribution in [-0.2, 0) is 0 Å². The zero-order valence-electron chi connectivity index (χ0n) is 15.8. The maximum atomic E-state index is 10.4. The molecule has 0 bridgehead atoms. The Bertz CT molecular complexity index is 1050. The van der Waals surface area contributed by atoms with Crippen molar-refractivity contribution in [2.75, 3.05) is 7.11 Å². The quantitative estimate of drug-likeness (QED) is 0.543. The Morgan fingerprint density at radius 2 is 1.76 bits per heavy atom. The second-order valence-electron chi connectivity index (χ2n) is 6.85. The second-order valence-corrected chi connectivity index (χ2v) is 7.70. The van der Waals surface area contributed by atoms with Crippen LogP contribution < -0.4 is 10.1 Å². The van der Waals surface area contributed by atoms with Crippen LogP contribution in [-0.4, -0.2) is 17.9 Å². The van der Waals surface area contributed by atoms with Crippen LogP contribution in [0.2, 0.25) is 10.0 Å². The first-order valence-corrected chi connectivity index (χ1v) is 10.0. The first-order valence-electron chi connectivity index (χ1n) is 9.25. The number of benzene rings is 3. The molecule has 2 atom stereocenters. The minimum Gasteiger partial charge on any atom is -0.508 e. The third-order valence-corrected chi connectivity index (χ3v) is 5.61. The van der Waals surface area contributed by atoms with Gasteiger partial charge in [-0.2, -0.15) is 0 Å². The van der Waals surface area contributed by atoms with Gasteiger partial charge in [0.15, 0.2) is 0 Å². The fourth-order valence-corrected chi connectivity index (χ4v) is 3.94. The van der Waals surface area contributed by atoms with Gasteiger partial charge in [0.05, 0.1) is 7.11 Å². The summed E-state index contributed by atoms with van der Waals surface area (Å²) in [5.74, 6) is 0.982. The standard InChI is InChI=1S/C23H20Cl2N2O2/c1-29-16-9-6-14(7-10-16)20-13-21(18-12-15(24)8-11-22(18)28)27-23(26-20)17-4-2-3-5-19(17)25/h2-12,21,23,27-28H,13H2,1H3/t21-,23-/m0/s1. The zero-order chi connectivity index (χ0) is 20.4. The molecule has 0 unspecified atom stereocenters. The molecule has 148 valence electrons. The van der Waals surface area contributed by atoms with Crippen LogP contribution in [0.3, 0.4) is 0 Å². The number of nitrogens with zero attached hydrogens (tertiary/aromatic N) is 1. The summed E-state index contributed by atoms with van der Waals surface area (Å²) < 4.78 is 5.26. The number of aliphatic imine (C=N–C) groups is 1.